The van der Waals surface area contributed by atoms with Crippen LogP contribution in [-0.2, 0) is 0 Å². The average Bonchev–Trinajstić information content (AvgIpc) is 2.54. The second-order valence-electron chi connectivity index (χ2n) is 5.92. The number of amidine groups is 1. The van der Waals surface area contributed by atoms with Crippen molar-refractivity contribution < 1.29 is 9.59 Å². The van der Waals surface area contributed by atoms with E-state index in [-0.39, 0.29) is 12.0 Å². The minimum absolute atomic E-state index is 0.171. The van der Waals surface area contributed by atoms with Crippen LogP contribution in [-0.4, -0.2) is 34.6 Å². The van der Waals surface area contributed by atoms with Crippen molar-refractivity contribution in [1.29, 1.82) is 0 Å². The number of amides is 4. The molecule has 0 saturated heterocycles. The molecular weight excluding hydrogens is 340 g/mol. The molecule has 0 saturated carbocycles. The van der Waals surface area contributed by atoms with Crippen molar-refractivity contribution >= 4 is 40.9 Å². The Morgan fingerprint density at radius 2 is 2.16 bits per heavy atom. The third-order valence-corrected chi connectivity index (χ3v) is 4.00. The first-order valence-corrected chi connectivity index (χ1v) is 8.25. The summed E-state index contributed by atoms with van der Waals surface area (Å²) < 4.78 is 0. The van der Waals surface area contributed by atoms with Gasteiger partial charge in [0, 0.05) is 16.8 Å². The van der Waals surface area contributed by atoms with Gasteiger partial charge < -0.3 is 5.32 Å². The highest BCUT2D eigenvalue weighted by Crippen LogP contribution is 2.23. The van der Waals surface area contributed by atoms with E-state index in [1.165, 1.54) is 4.90 Å². The first-order valence-electron chi connectivity index (χ1n) is 7.87. The quantitative estimate of drug-likeness (QED) is 0.857. The van der Waals surface area contributed by atoms with E-state index >= 15 is 0 Å². The molecule has 1 N–H and O–H groups in total. The molecule has 6 nitrogen and oxygen atoms in total. The second-order valence-corrected chi connectivity index (χ2v) is 6.35. The average molecular weight is 357 g/mol. The lowest BCUT2D eigenvalue weighted by Gasteiger charge is -2.34. The summed E-state index contributed by atoms with van der Waals surface area (Å²) >= 11 is 5.92. The van der Waals surface area contributed by atoms with Gasteiger partial charge in [0.15, 0.2) is 0 Å². The van der Waals surface area contributed by atoms with E-state index in [1.807, 2.05) is 26.0 Å². The van der Waals surface area contributed by atoms with Gasteiger partial charge in [-0.05, 0) is 38.1 Å². The number of aliphatic imine (C=N–C) groups is 2. The van der Waals surface area contributed by atoms with Crippen molar-refractivity contribution in [2.45, 2.75) is 19.9 Å². The molecular formula is C18H17ClN4O2. The molecule has 3 rings (SSSR count). The van der Waals surface area contributed by atoms with Crippen LogP contribution in [0.1, 0.15) is 13.8 Å². The molecule has 2 aliphatic rings. The van der Waals surface area contributed by atoms with E-state index in [0.29, 0.717) is 22.3 Å². The van der Waals surface area contributed by atoms with Crippen LogP contribution in [0, 0.1) is 5.92 Å². The maximum atomic E-state index is 12.4. The molecule has 0 spiro atoms. The van der Waals surface area contributed by atoms with Crippen LogP contribution in [0.15, 0.2) is 58.6 Å². The lowest BCUT2D eigenvalue weighted by molar-refractivity contribution is 0.220. The molecule has 1 aromatic carbocycles. The van der Waals surface area contributed by atoms with Crippen molar-refractivity contribution in [2.75, 3.05) is 5.32 Å². The lowest BCUT2D eigenvalue weighted by atomic mass is 9.94. The topological polar surface area (TPSA) is 74.1 Å². The van der Waals surface area contributed by atoms with E-state index in [2.05, 4.69) is 15.3 Å². The van der Waals surface area contributed by atoms with Crippen LogP contribution in [0.5, 0.6) is 0 Å². The Morgan fingerprint density at radius 3 is 2.88 bits per heavy atom. The van der Waals surface area contributed by atoms with Crippen molar-refractivity contribution in [1.82, 2.24) is 4.90 Å². The second kappa shape index (κ2) is 7.03. The fourth-order valence-corrected chi connectivity index (χ4v) is 2.89. The van der Waals surface area contributed by atoms with Gasteiger partial charge in [0.05, 0.1) is 11.6 Å². The largest absolute Gasteiger partial charge is 0.349 e. The van der Waals surface area contributed by atoms with E-state index in [1.54, 1.807) is 36.4 Å². The molecule has 0 bridgehead atoms. The number of rotatable bonds is 2. The number of nitrogens with zero attached hydrogens (tertiary/aromatic N) is 3. The number of hydrogen-bond donors (Lipinski definition) is 1. The highest BCUT2D eigenvalue weighted by molar-refractivity contribution is 6.31. The molecule has 1 aromatic rings. The van der Waals surface area contributed by atoms with Gasteiger partial charge in [-0.1, -0.05) is 35.9 Å². The molecule has 128 valence electrons. The van der Waals surface area contributed by atoms with Crippen LogP contribution in [0.25, 0.3) is 0 Å². The lowest BCUT2D eigenvalue weighted by Crippen LogP contribution is -2.49. The number of benzene rings is 1. The Labute approximate surface area is 150 Å². The summed E-state index contributed by atoms with van der Waals surface area (Å²) in [5.74, 6) is 0.0420. The Balaban J connectivity index is 1.93. The first-order chi connectivity index (χ1) is 12.0. The SMILES string of the molecule is CC(C)N1C(=O)N=C2C=CC=CC2/C1=N\C(=O)Nc1cccc(Cl)c1. The van der Waals surface area contributed by atoms with Gasteiger partial charge >= 0.3 is 12.1 Å². The van der Waals surface area contributed by atoms with Crippen LogP contribution < -0.4 is 5.32 Å². The summed E-state index contributed by atoms with van der Waals surface area (Å²) in [6.45, 7) is 3.70. The zero-order chi connectivity index (χ0) is 18.0. The standard InChI is InChI=1S/C18H17ClN4O2/c1-11(2)23-16(14-8-3-4-9-15(14)21-18(23)25)22-17(24)20-13-7-5-6-12(19)10-13/h3-11,14H,1-2H3,(H,20,24)/b22-16+. The van der Waals surface area contributed by atoms with Crippen LogP contribution in [0.2, 0.25) is 5.02 Å². The molecule has 1 heterocycles. The molecule has 4 amide bonds. The highest BCUT2D eigenvalue weighted by atomic mass is 35.5. The Bertz CT molecular complexity index is 839. The summed E-state index contributed by atoms with van der Waals surface area (Å²) in [7, 11) is 0. The zero-order valence-electron chi connectivity index (χ0n) is 13.8. The van der Waals surface area contributed by atoms with Crippen LogP contribution in [0.3, 0.4) is 0 Å². The van der Waals surface area contributed by atoms with Crippen LogP contribution in [0.4, 0.5) is 15.3 Å². The Hall–Kier alpha value is -2.73. The maximum Gasteiger partial charge on any atom is 0.349 e. The summed E-state index contributed by atoms with van der Waals surface area (Å²) in [5.41, 5.74) is 1.12. The molecule has 0 aromatic heterocycles. The van der Waals surface area contributed by atoms with Gasteiger partial charge in [-0.2, -0.15) is 9.98 Å². The highest BCUT2D eigenvalue weighted by Gasteiger charge is 2.35. The van der Waals surface area contributed by atoms with Crippen molar-refractivity contribution in [3.8, 4) is 0 Å². The maximum absolute atomic E-state index is 12.4. The number of hydrogen-bond acceptors (Lipinski definition) is 2. The Kier molecular flexibility index (Phi) is 4.81. The summed E-state index contributed by atoms with van der Waals surface area (Å²) in [6.07, 6.45) is 7.27. The molecule has 25 heavy (non-hydrogen) atoms. The van der Waals surface area contributed by atoms with Gasteiger partial charge in [-0.3, -0.25) is 4.90 Å². The number of fused-ring (bicyclic) bond motifs is 1. The summed E-state index contributed by atoms with van der Waals surface area (Å²) in [4.78, 5) is 34.4. The predicted octanol–water partition coefficient (Wildman–Crippen LogP) is 4.30. The van der Waals surface area contributed by atoms with Crippen LogP contribution >= 0.6 is 11.6 Å². The van der Waals surface area contributed by atoms with E-state index in [9.17, 15) is 9.59 Å². The fourth-order valence-electron chi connectivity index (χ4n) is 2.70. The Morgan fingerprint density at radius 1 is 1.36 bits per heavy atom. The van der Waals surface area contributed by atoms with Gasteiger partial charge in [0.25, 0.3) is 0 Å². The smallest absolute Gasteiger partial charge is 0.306 e. The number of allylic oxidation sites excluding steroid dienone is 3. The third-order valence-electron chi connectivity index (χ3n) is 3.76. The molecule has 1 atom stereocenters. The molecule has 1 unspecified atom stereocenters. The molecule has 0 fully saturated rings. The number of anilines is 1. The summed E-state index contributed by atoms with van der Waals surface area (Å²) in [6, 6.07) is 5.62. The third kappa shape index (κ3) is 3.69. The van der Waals surface area contributed by atoms with Gasteiger partial charge in [0.1, 0.15) is 5.84 Å². The first kappa shape index (κ1) is 17.1. The molecule has 1 aliphatic heterocycles. The van der Waals surface area contributed by atoms with Crippen molar-refractivity contribution in [2.24, 2.45) is 15.9 Å². The monoisotopic (exact) mass is 356 g/mol. The number of carbonyl (C=O) groups is 2. The molecule has 0 radical (unpaired) electrons. The summed E-state index contributed by atoms with van der Waals surface area (Å²) in [5, 5.41) is 3.18. The number of carbonyl (C=O) groups excluding carboxylic acids is 2. The number of urea groups is 2. The van der Waals surface area contributed by atoms with Gasteiger partial charge in [-0.25, -0.2) is 9.59 Å². The van der Waals surface area contributed by atoms with Crippen molar-refractivity contribution in [3.63, 3.8) is 0 Å². The fraction of sp³-hybridized carbons (Fsp3) is 0.222. The van der Waals surface area contributed by atoms with Crippen molar-refractivity contribution in [3.05, 3.63) is 53.6 Å². The predicted molar refractivity (Wildman–Crippen MR) is 99.5 cm³/mol. The van der Waals surface area contributed by atoms with E-state index < -0.39 is 12.1 Å². The number of nitrogens with one attached hydrogen (secondary N) is 1. The molecule has 1 aliphatic carbocycles. The van der Waals surface area contributed by atoms with E-state index in [4.69, 9.17) is 11.6 Å². The molecule has 7 heteroatoms. The minimum Gasteiger partial charge on any atom is -0.306 e. The minimum atomic E-state index is -0.570. The number of halogens is 1. The van der Waals surface area contributed by atoms with Gasteiger partial charge in [0.2, 0.25) is 0 Å². The van der Waals surface area contributed by atoms with E-state index in [0.717, 1.165) is 0 Å². The van der Waals surface area contributed by atoms with Gasteiger partial charge in [-0.15, -0.1) is 0 Å². The zero-order valence-corrected chi connectivity index (χ0v) is 14.6. The normalized spacial score (nSPS) is 20.7.